The standard InChI is InChI=1S/C23H35ClN4O4/c1-15-10-26(16(13-31-7)11-27(15)21(30)32-22(2,3)4)12-20(29)28-14-23(5,6)17-9-25-19(24)8-18(17)28/h8-9,15-16H,10-14H2,1-7H3/t15-,16-/m1/s1. The Hall–Kier alpha value is -1.90. The number of aromatic nitrogens is 1. The van der Waals surface area contributed by atoms with E-state index in [1.165, 1.54) is 0 Å². The largest absolute Gasteiger partial charge is 0.444 e. The molecule has 3 heterocycles. The highest BCUT2D eigenvalue weighted by molar-refractivity contribution is 6.29. The fourth-order valence-electron chi connectivity index (χ4n) is 4.44. The Bertz CT molecular complexity index is 870. The number of pyridine rings is 1. The highest BCUT2D eigenvalue weighted by Crippen LogP contribution is 2.41. The molecule has 1 aromatic heterocycles. The third-order valence-corrected chi connectivity index (χ3v) is 6.21. The van der Waals surface area contributed by atoms with Gasteiger partial charge in [0, 0.05) is 50.0 Å². The summed E-state index contributed by atoms with van der Waals surface area (Å²) in [4.78, 5) is 36.0. The van der Waals surface area contributed by atoms with Crippen LogP contribution in [0.2, 0.25) is 5.15 Å². The van der Waals surface area contributed by atoms with Crippen LogP contribution in [0.15, 0.2) is 12.3 Å². The first-order chi connectivity index (χ1) is 14.8. The molecule has 0 aliphatic carbocycles. The topological polar surface area (TPSA) is 75.2 Å². The number of hydrogen-bond acceptors (Lipinski definition) is 6. The Morgan fingerprint density at radius 1 is 1.28 bits per heavy atom. The van der Waals surface area contributed by atoms with Gasteiger partial charge in [-0.3, -0.25) is 9.69 Å². The van der Waals surface area contributed by atoms with Crippen molar-refractivity contribution in [3.8, 4) is 0 Å². The second kappa shape index (κ2) is 9.15. The molecule has 0 radical (unpaired) electrons. The molecule has 0 bridgehead atoms. The van der Waals surface area contributed by atoms with Crippen LogP contribution in [0.5, 0.6) is 0 Å². The molecule has 1 saturated heterocycles. The van der Waals surface area contributed by atoms with Crippen molar-refractivity contribution in [3.05, 3.63) is 23.0 Å². The number of rotatable bonds is 4. The molecule has 32 heavy (non-hydrogen) atoms. The SMILES string of the molecule is COC[C@H]1CN(C(=O)OC(C)(C)C)[C@H](C)CN1CC(=O)N1CC(C)(C)c2cnc(Cl)cc21. The molecule has 0 N–H and O–H groups in total. The monoisotopic (exact) mass is 466 g/mol. The molecule has 2 atom stereocenters. The van der Waals surface area contributed by atoms with E-state index < -0.39 is 5.60 Å². The van der Waals surface area contributed by atoms with Crippen LogP contribution in [0.3, 0.4) is 0 Å². The number of piperazine rings is 1. The van der Waals surface area contributed by atoms with E-state index in [2.05, 4.69) is 23.7 Å². The maximum Gasteiger partial charge on any atom is 0.410 e. The van der Waals surface area contributed by atoms with Gasteiger partial charge in [-0.2, -0.15) is 0 Å². The van der Waals surface area contributed by atoms with Crippen LogP contribution in [-0.2, 0) is 19.7 Å². The zero-order valence-electron chi connectivity index (χ0n) is 20.1. The summed E-state index contributed by atoms with van der Waals surface area (Å²) in [6, 6.07) is 1.56. The molecule has 3 rings (SSSR count). The normalized spacial score (nSPS) is 23.2. The molecular formula is C23H35ClN4O4. The van der Waals surface area contributed by atoms with E-state index >= 15 is 0 Å². The number of methoxy groups -OCH3 is 1. The van der Waals surface area contributed by atoms with Gasteiger partial charge in [-0.15, -0.1) is 0 Å². The number of hydrogen-bond donors (Lipinski definition) is 0. The van der Waals surface area contributed by atoms with Crippen molar-refractivity contribution in [2.45, 2.75) is 64.6 Å². The first-order valence-electron chi connectivity index (χ1n) is 11.0. The summed E-state index contributed by atoms with van der Waals surface area (Å²) in [7, 11) is 1.63. The molecule has 0 saturated carbocycles. The van der Waals surface area contributed by atoms with Crippen LogP contribution < -0.4 is 4.90 Å². The number of anilines is 1. The quantitative estimate of drug-likeness (QED) is 0.634. The smallest absolute Gasteiger partial charge is 0.410 e. The van der Waals surface area contributed by atoms with Crippen molar-refractivity contribution in [3.63, 3.8) is 0 Å². The summed E-state index contributed by atoms with van der Waals surface area (Å²) in [5, 5.41) is 0.371. The Kier molecular flexibility index (Phi) is 7.08. The van der Waals surface area contributed by atoms with Gasteiger partial charge >= 0.3 is 6.09 Å². The first-order valence-corrected chi connectivity index (χ1v) is 11.4. The zero-order chi connectivity index (χ0) is 23.8. The number of ether oxygens (including phenoxy) is 2. The first kappa shape index (κ1) is 24.7. The Morgan fingerprint density at radius 3 is 2.59 bits per heavy atom. The maximum atomic E-state index is 13.4. The van der Waals surface area contributed by atoms with E-state index in [-0.39, 0.29) is 36.0 Å². The molecule has 1 aromatic rings. The number of nitrogens with zero attached hydrogens (tertiary/aromatic N) is 4. The second-order valence-electron chi connectivity index (χ2n) is 10.4. The number of carbonyl (C=O) groups excluding carboxylic acids is 2. The third kappa shape index (κ3) is 5.35. The summed E-state index contributed by atoms with van der Waals surface area (Å²) >= 11 is 6.13. The predicted molar refractivity (Wildman–Crippen MR) is 124 cm³/mol. The average Bonchev–Trinajstić information content (AvgIpc) is 2.92. The summed E-state index contributed by atoms with van der Waals surface area (Å²) in [5.41, 5.74) is 1.08. The molecule has 1 fully saturated rings. The van der Waals surface area contributed by atoms with Crippen LogP contribution in [-0.4, -0.2) is 84.4 Å². The van der Waals surface area contributed by atoms with Crippen LogP contribution in [0, 0.1) is 0 Å². The number of carbonyl (C=O) groups is 2. The summed E-state index contributed by atoms with van der Waals surface area (Å²) < 4.78 is 11.0. The lowest BCUT2D eigenvalue weighted by atomic mass is 9.88. The predicted octanol–water partition coefficient (Wildman–Crippen LogP) is 3.32. The van der Waals surface area contributed by atoms with E-state index in [1.54, 1.807) is 29.2 Å². The highest BCUT2D eigenvalue weighted by Gasteiger charge is 2.41. The van der Waals surface area contributed by atoms with Gasteiger partial charge in [0.2, 0.25) is 5.91 Å². The molecule has 2 amide bonds. The molecule has 0 unspecified atom stereocenters. The minimum atomic E-state index is -0.563. The Morgan fingerprint density at radius 2 is 1.97 bits per heavy atom. The number of fused-ring (bicyclic) bond motifs is 1. The third-order valence-electron chi connectivity index (χ3n) is 6.00. The number of amides is 2. The van der Waals surface area contributed by atoms with Gasteiger partial charge in [-0.25, -0.2) is 9.78 Å². The summed E-state index contributed by atoms with van der Waals surface area (Å²) in [5.74, 6) is -0.00175. The average molecular weight is 467 g/mol. The van der Waals surface area contributed by atoms with E-state index in [1.807, 2.05) is 27.7 Å². The molecule has 2 aliphatic rings. The lowest BCUT2D eigenvalue weighted by molar-refractivity contribution is -0.121. The molecule has 178 valence electrons. The summed E-state index contributed by atoms with van der Waals surface area (Å²) in [6.07, 6.45) is 1.43. The lowest BCUT2D eigenvalue weighted by Gasteiger charge is -2.45. The van der Waals surface area contributed by atoms with Crippen LogP contribution >= 0.6 is 11.6 Å². The van der Waals surface area contributed by atoms with Crippen LogP contribution in [0.1, 0.15) is 47.1 Å². The number of halogens is 1. The van der Waals surface area contributed by atoms with E-state index in [4.69, 9.17) is 21.1 Å². The van der Waals surface area contributed by atoms with Gasteiger partial charge in [-0.1, -0.05) is 25.4 Å². The molecular weight excluding hydrogens is 432 g/mol. The minimum absolute atomic E-state index is 0.00175. The van der Waals surface area contributed by atoms with Gasteiger partial charge in [0.1, 0.15) is 10.8 Å². The highest BCUT2D eigenvalue weighted by atomic mass is 35.5. The van der Waals surface area contributed by atoms with Crippen molar-refractivity contribution < 1.29 is 19.1 Å². The molecule has 0 aromatic carbocycles. The Balaban J connectivity index is 1.75. The van der Waals surface area contributed by atoms with E-state index in [0.29, 0.717) is 31.4 Å². The van der Waals surface area contributed by atoms with Gasteiger partial charge in [0.05, 0.1) is 24.9 Å². The zero-order valence-corrected chi connectivity index (χ0v) is 20.9. The second-order valence-corrected chi connectivity index (χ2v) is 10.8. The van der Waals surface area contributed by atoms with Crippen molar-refractivity contribution in [2.24, 2.45) is 0 Å². The molecule has 2 aliphatic heterocycles. The molecule has 8 nitrogen and oxygen atoms in total. The van der Waals surface area contributed by atoms with E-state index in [9.17, 15) is 9.59 Å². The molecule has 9 heteroatoms. The van der Waals surface area contributed by atoms with Gasteiger partial charge in [-0.05, 0) is 33.8 Å². The van der Waals surface area contributed by atoms with Gasteiger partial charge < -0.3 is 19.3 Å². The summed E-state index contributed by atoms with van der Waals surface area (Å²) in [6.45, 7) is 14.0. The van der Waals surface area contributed by atoms with Crippen LogP contribution in [0.4, 0.5) is 10.5 Å². The van der Waals surface area contributed by atoms with E-state index in [0.717, 1.165) is 11.3 Å². The molecule has 0 spiro atoms. The minimum Gasteiger partial charge on any atom is -0.444 e. The fourth-order valence-corrected chi connectivity index (χ4v) is 4.59. The van der Waals surface area contributed by atoms with Gasteiger partial charge in [0.25, 0.3) is 0 Å². The maximum absolute atomic E-state index is 13.4. The van der Waals surface area contributed by atoms with Crippen molar-refractivity contribution >= 4 is 29.3 Å². The van der Waals surface area contributed by atoms with Crippen molar-refractivity contribution in [2.75, 3.05) is 44.8 Å². The Labute approximate surface area is 195 Å². The fraction of sp³-hybridized carbons (Fsp3) is 0.696. The van der Waals surface area contributed by atoms with Gasteiger partial charge in [0.15, 0.2) is 0 Å². The van der Waals surface area contributed by atoms with Crippen LogP contribution in [0.25, 0.3) is 0 Å². The van der Waals surface area contributed by atoms with Crippen molar-refractivity contribution in [1.82, 2.24) is 14.8 Å². The lowest BCUT2D eigenvalue weighted by Crippen LogP contribution is -2.62. The van der Waals surface area contributed by atoms with Crippen molar-refractivity contribution in [1.29, 1.82) is 0 Å².